The summed E-state index contributed by atoms with van der Waals surface area (Å²) in [6.45, 7) is 2.59. The maximum atomic E-state index is 11.4. The van der Waals surface area contributed by atoms with Gasteiger partial charge in [0.2, 0.25) is 0 Å². The second-order valence-corrected chi connectivity index (χ2v) is 3.51. The van der Waals surface area contributed by atoms with Crippen molar-refractivity contribution in [3.05, 3.63) is 30.1 Å². The summed E-state index contributed by atoms with van der Waals surface area (Å²) in [5.74, 6) is 0.403. The number of ether oxygens (including phenoxy) is 1. The fraction of sp³-hybridized carbons (Fsp3) is 0.400. The van der Waals surface area contributed by atoms with E-state index in [1.54, 1.807) is 28.7 Å². The van der Waals surface area contributed by atoms with Crippen LogP contribution >= 0.6 is 0 Å². The average Bonchev–Trinajstić information content (AvgIpc) is 2.90. The molecule has 0 unspecified atom stereocenters. The zero-order valence-corrected chi connectivity index (χ0v) is 9.70. The van der Waals surface area contributed by atoms with Crippen molar-refractivity contribution in [2.75, 3.05) is 6.61 Å². The van der Waals surface area contributed by atoms with Crippen molar-refractivity contribution >= 4 is 5.97 Å². The Bertz CT molecular complexity index is 516. The summed E-state index contributed by atoms with van der Waals surface area (Å²) >= 11 is 0. The summed E-state index contributed by atoms with van der Waals surface area (Å²) in [6.07, 6.45) is 4.73. The third kappa shape index (κ3) is 2.49. The maximum absolute atomic E-state index is 11.4. The van der Waals surface area contributed by atoms with Crippen LogP contribution in [-0.4, -0.2) is 37.1 Å². The van der Waals surface area contributed by atoms with Gasteiger partial charge in [0.05, 0.1) is 18.4 Å². The molecule has 0 fully saturated rings. The standard InChI is InChI=1S/C10H13N5O2/c1-3-17-10(16)8-4-12-15(5-8)6-9-13-11-7-14(9)2/h4-5,7H,3,6H2,1-2H3. The topological polar surface area (TPSA) is 74.8 Å². The van der Waals surface area contributed by atoms with Gasteiger partial charge in [-0.05, 0) is 6.92 Å². The van der Waals surface area contributed by atoms with Gasteiger partial charge in [-0.2, -0.15) is 5.10 Å². The zero-order valence-electron chi connectivity index (χ0n) is 9.70. The highest BCUT2D eigenvalue weighted by molar-refractivity contribution is 5.88. The first-order valence-corrected chi connectivity index (χ1v) is 5.23. The Hall–Kier alpha value is -2.18. The lowest BCUT2D eigenvalue weighted by molar-refractivity contribution is 0.0526. The third-order valence-corrected chi connectivity index (χ3v) is 2.25. The van der Waals surface area contributed by atoms with Crippen LogP contribution in [0.25, 0.3) is 0 Å². The minimum absolute atomic E-state index is 0.354. The molecule has 2 heterocycles. The highest BCUT2D eigenvalue weighted by Gasteiger charge is 2.10. The van der Waals surface area contributed by atoms with Crippen LogP contribution in [0.5, 0.6) is 0 Å². The molecule has 0 aromatic carbocycles. The number of aromatic nitrogens is 5. The van der Waals surface area contributed by atoms with E-state index in [1.165, 1.54) is 6.20 Å². The molecule has 0 amide bonds. The number of aryl methyl sites for hydroxylation is 1. The van der Waals surface area contributed by atoms with Crippen LogP contribution in [0.15, 0.2) is 18.7 Å². The molecule has 0 saturated carbocycles. The Morgan fingerprint density at radius 2 is 2.35 bits per heavy atom. The van der Waals surface area contributed by atoms with Crippen molar-refractivity contribution in [3.63, 3.8) is 0 Å². The van der Waals surface area contributed by atoms with E-state index >= 15 is 0 Å². The molecular formula is C10H13N5O2. The van der Waals surface area contributed by atoms with Gasteiger partial charge < -0.3 is 9.30 Å². The fourth-order valence-corrected chi connectivity index (χ4v) is 1.37. The first-order chi connectivity index (χ1) is 8.20. The van der Waals surface area contributed by atoms with E-state index in [0.29, 0.717) is 18.7 Å². The van der Waals surface area contributed by atoms with Crippen LogP contribution < -0.4 is 0 Å². The van der Waals surface area contributed by atoms with Crippen LogP contribution in [0.1, 0.15) is 23.1 Å². The molecule has 0 N–H and O–H groups in total. The Labute approximate surface area is 98.0 Å². The van der Waals surface area contributed by atoms with Gasteiger partial charge in [-0.25, -0.2) is 4.79 Å². The minimum atomic E-state index is -0.364. The first-order valence-electron chi connectivity index (χ1n) is 5.23. The van der Waals surface area contributed by atoms with Gasteiger partial charge in [0, 0.05) is 13.2 Å². The molecule has 17 heavy (non-hydrogen) atoms. The Kier molecular flexibility index (Phi) is 3.17. The van der Waals surface area contributed by atoms with Crippen molar-refractivity contribution in [1.82, 2.24) is 24.5 Å². The number of esters is 1. The largest absolute Gasteiger partial charge is 0.462 e. The first kappa shape index (κ1) is 11.3. The molecular weight excluding hydrogens is 222 g/mol. The Morgan fingerprint density at radius 1 is 1.53 bits per heavy atom. The van der Waals surface area contributed by atoms with E-state index in [2.05, 4.69) is 15.3 Å². The van der Waals surface area contributed by atoms with E-state index in [1.807, 2.05) is 7.05 Å². The van der Waals surface area contributed by atoms with Crippen LogP contribution in [0, 0.1) is 0 Å². The van der Waals surface area contributed by atoms with Gasteiger partial charge in [-0.3, -0.25) is 4.68 Å². The fourth-order valence-electron chi connectivity index (χ4n) is 1.37. The predicted octanol–water partition coefficient (Wildman–Crippen LogP) is 0.237. The smallest absolute Gasteiger partial charge is 0.341 e. The summed E-state index contributed by atoms with van der Waals surface area (Å²) in [6, 6.07) is 0. The highest BCUT2D eigenvalue weighted by atomic mass is 16.5. The maximum Gasteiger partial charge on any atom is 0.341 e. The monoisotopic (exact) mass is 235 g/mol. The Balaban J connectivity index is 2.09. The molecule has 0 bridgehead atoms. The quantitative estimate of drug-likeness (QED) is 0.709. The van der Waals surface area contributed by atoms with Gasteiger partial charge in [-0.15, -0.1) is 10.2 Å². The van der Waals surface area contributed by atoms with E-state index in [0.717, 1.165) is 5.82 Å². The molecule has 0 saturated heterocycles. The van der Waals surface area contributed by atoms with E-state index < -0.39 is 0 Å². The molecule has 0 radical (unpaired) electrons. The van der Waals surface area contributed by atoms with Crippen LogP contribution in [-0.2, 0) is 18.3 Å². The molecule has 2 aromatic rings. The lowest BCUT2D eigenvalue weighted by Crippen LogP contribution is -2.07. The lowest BCUT2D eigenvalue weighted by Gasteiger charge is -2.00. The summed E-state index contributed by atoms with van der Waals surface area (Å²) in [5.41, 5.74) is 0.439. The molecule has 7 nitrogen and oxygen atoms in total. The van der Waals surface area contributed by atoms with Crippen molar-refractivity contribution in [1.29, 1.82) is 0 Å². The van der Waals surface area contributed by atoms with Gasteiger partial charge in [0.25, 0.3) is 0 Å². The van der Waals surface area contributed by atoms with Gasteiger partial charge in [0.1, 0.15) is 12.9 Å². The van der Waals surface area contributed by atoms with Crippen molar-refractivity contribution in [2.45, 2.75) is 13.5 Å². The molecule has 90 valence electrons. The SMILES string of the molecule is CCOC(=O)c1cnn(Cc2nncn2C)c1. The van der Waals surface area contributed by atoms with Crippen molar-refractivity contribution < 1.29 is 9.53 Å². The molecule has 0 aliphatic carbocycles. The molecule has 0 aliphatic rings. The van der Waals surface area contributed by atoms with Crippen molar-refractivity contribution in [3.8, 4) is 0 Å². The predicted molar refractivity (Wildman–Crippen MR) is 58.3 cm³/mol. The zero-order chi connectivity index (χ0) is 12.3. The Morgan fingerprint density at radius 3 is 3.00 bits per heavy atom. The number of carbonyl (C=O) groups excluding carboxylic acids is 1. The average molecular weight is 235 g/mol. The molecule has 0 atom stereocenters. The second kappa shape index (κ2) is 4.77. The van der Waals surface area contributed by atoms with Gasteiger partial charge >= 0.3 is 5.97 Å². The molecule has 0 spiro atoms. The number of nitrogens with zero attached hydrogens (tertiary/aromatic N) is 5. The summed E-state index contributed by atoms with van der Waals surface area (Å²) in [7, 11) is 1.85. The van der Waals surface area contributed by atoms with E-state index in [9.17, 15) is 4.79 Å². The van der Waals surface area contributed by atoms with Gasteiger partial charge in [0.15, 0.2) is 5.82 Å². The minimum Gasteiger partial charge on any atom is -0.462 e. The van der Waals surface area contributed by atoms with Crippen molar-refractivity contribution in [2.24, 2.45) is 7.05 Å². The summed E-state index contributed by atoms with van der Waals surface area (Å²) in [4.78, 5) is 11.4. The summed E-state index contributed by atoms with van der Waals surface area (Å²) < 4.78 is 8.29. The third-order valence-electron chi connectivity index (χ3n) is 2.25. The highest BCUT2D eigenvalue weighted by Crippen LogP contribution is 2.03. The van der Waals surface area contributed by atoms with Crippen LogP contribution in [0.2, 0.25) is 0 Å². The lowest BCUT2D eigenvalue weighted by atomic mass is 10.4. The molecule has 0 aliphatic heterocycles. The number of hydrogen-bond acceptors (Lipinski definition) is 5. The van der Waals surface area contributed by atoms with Crippen LogP contribution in [0.4, 0.5) is 0 Å². The van der Waals surface area contributed by atoms with E-state index in [-0.39, 0.29) is 5.97 Å². The summed E-state index contributed by atoms with van der Waals surface area (Å²) in [5, 5.41) is 11.8. The van der Waals surface area contributed by atoms with Gasteiger partial charge in [-0.1, -0.05) is 0 Å². The molecule has 7 heteroatoms. The number of rotatable bonds is 4. The molecule has 2 aromatic heterocycles. The van der Waals surface area contributed by atoms with E-state index in [4.69, 9.17) is 4.74 Å². The number of carbonyl (C=O) groups is 1. The normalized spacial score (nSPS) is 10.5. The molecule has 2 rings (SSSR count). The second-order valence-electron chi connectivity index (χ2n) is 3.51. The van der Waals surface area contributed by atoms with Crippen LogP contribution in [0.3, 0.4) is 0 Å². The number of hydrogen-bond donors (Lipinski definition) is 0.